The Morgan fingerprint density at radius 1 is 1.63 bits per heavy atom. The third kappa shape index (κ3) is 1.89. The lowest BCUT2D eigenvalue weighted by molar-refractivity contribution is -0.156. The second-order valence-electron chi connectivity index (χ2n) is 6.31. The number of hydrogen-bond acceptors (Lipinski definition) is 4. The Balaban J connectivity index is 2.42. The van der Waals surface area contributed by atoms with E-state index in [0.717, 1.165) is 0 Å². The van der Waals surface area contributed by atoms with Crippen molar-refractivity contribution < 1.29 is 14.7 Å². The summed E-state index contributed by atoms with van der Waals surface area (Å²) in [4.78, 5) is 25.1. The van der Waals surface area contributed by atoms with Gasteiger partial charge in [0, 0.05) is 11.8 Å². The maximum atomic E-state index is 11.8. The fourth-order valence-electron chi connectivity index (χ4n) is 2.92. The lowest BCUT2D eigenvalue weighted by Crippen LogP contribution is -2.74. The molecule has 0 saturated carbocycles. The lowest BCUT2D eigenvalue weighted by atomic mass is 9.71. The van der Waals surface area contributed by atoms with Crippen LogP contribution in [0, 0.1) is 10.8 Å². The first-order valence-corrected chi connectivity index (χ1v) is 7.18. The van der Waals surface area contributed by atoms with Gasteiger partial charge in [-0.1, -0.05) is 26.8 Å². The van der Waals surface area contributed by atoms with Gasteiger partial charge in [-0.05, 0) is 5.41 Å². The largest absolute Gasteiger partial charge is 0.481 e. The number of β-lactam (4-membered cyclic amide) rings is 1. The van der Waals surface area contributed by atoms with E-state index in [1.165, 1.54) is 17.8 Å². The van der Waals surface area contributed by atoms with Gasteiger partial charge in [-0.3, -0.25) is 9.59 Å². The van der Waals surface area contributed by atoms with Gasteiger partial charge in [0.05, 0.1) is 0 Å². The van der Waals surface area contributed by atoms with Crippen molar-refractivity contribution in [3.8, 4) is 0 Å². The molecule has 0 aliphatic carbocycles. The van der Waals surface area contributed by atoms with Gasteiger partial charge >= 0.3 is 5.97 Å². The SMILES string of the molecule is C=CC1(C(=O)O)CN2C(=O)C(N)[C@H]2SC1C(C)(C)C. The van der Waals surface area contributed by atoms with Crippen molar-refractivity contribution in [2.75, 3.05) is 6.54 Å². The molecule has 2 aliphatic rings. The van der Waals surface area contributed by atoms with E-state index in [4.69, 9.17) is 5.73 Å². The van der Waals surface area contributed by atoms with Crippen molar-refractivity contribution in [1.82, 2.24) is 4.90 Å². The third-order valence-corrected chi connectivity index (χ3v) is 6.13. The third-order valence-electron chi connectivity index (χ3n) is 3.91. The monoisotopic (exact) mass is 284 g/mol. The predicted molar refractivity (Wildman–Crippen MR) is 74.6 cm³/mol. The summed E-state index contributed by atoms with van der Waals surface area (Å²) < 4.78 is 0. The highest BCUT2D eigenvalue weighted by atomic mass is 32.2. The van der Waals surface area contributed by atoms with Crippen molar-refractivity contribution in [2.45, 2.75) is 37.4 Å². The van der Waals surface area contributed by atoms with Gasteiger partial charge in [0.25, 0.3) is 0 Å². The Kier molecular flexibility index (Phi) is 3.22. The molecule has 0 spiro atoms. The van der Waals surface area contributed by atoms with E-state index in [2.05, 4.69) is 6.58 Å². The highest BCUT2D eigenvalue weighted by Crippen LogP contribution is 2.53. The van der Waals surface area contributed by atoms with E-state index < -0.39 is 17.4 Å². The minimum Gasteiger partial charge on any atom is -0.481 e. The molecule has 0 aromatic carbocycles. The highest BCUT2D eigenvalue weighted by molar-refractivity contribution is 8.00. The maximum absolute atomic E-state index is 11.8. The van der Waals surface area contributed by atoms with Crippen LogP contribution in [0.4, 0.5) is 0 Å². The van der Waals surface area contributed by atoms with Crippen molar-refractivity contribution >= 4 is 23.6 Å². The van der Waals surface area contributed by atoms with Gasteiger partial charge in [-0.2, -0.15) is 0 Å². The molecule has 19 heavy (non-hydrogen) atoms. The minimum atomic E-state index is -1.12. The predicted octanol–water partition coefficient (Wildman–Crippen LogP) is 0.900. The Hall–Kier alpha value is -1.01. The van der Waals surface area contributed by atoms with Crippen molar-refractivity contribution in [3.05, 3.63) is 12.7 Å². The van der Waals surface area contributed by atoms with E-state index in [1.807, 2.05) is 20.8 Å². The average molecular weight is 284 g/mol. The van der Waals surface area contributed by atoms with Crippen molar-refractivity contribution in [2.24, 2.45) is 16.6 Å². The lowest BCUT2D eigenvalue weighted by Gasteiger charge is -2.57. The number of nitrogens with two attached hydrogens (primary N) is 1. The normalized spacial score (nSPS) is 38.4. The summed E-state index contributed by atoms with van der Waals surface area (Å²) in [6.07, 6.45) is 1.48. The number of nitrogens with zero attached hydrogens (tertiary/aromatic N) is 1. The number of carboxylic acid groups (broad SMARTS) is 1. The summed E-state index contributed by atoms with van der Waals surface area (Å²) >= 11 is 1.49. The van der Waals surface area contributed by atoms with E-state index in [1.54, 1.807) is 4.90 Å². The average Bonchev–Trinajstić information content (AvgIpc) is 2.34. The Morgan fingerprint density at radius 3 is 2.63 bits per heavy atom. The second kappa shape index (κ2) is 4.24. The van der Waals surface area contributed by atoms with E-state index >= 15 is 0 Å². The zero-order valence-corrected chi connectivity index (χ0v) is 12.2. The second-order valence-corrected chi connectivity index (χ2v) is 7.54. The quantitative estimate of drug-likeness (QED) is 0.581. The van der Waals surface area contributed by atoms with Crippen LogP contribution in [-0.4, -0.2) is 45.1 Å². The van der Waals surface area contributed by atoms with Crippen LogP contribution in [0.25, 0.3) is 0 Å². The molecule has 0 radical (unpaired) electrons. The topological polar surface area (TPSA) is 83.6 Å². The van der Waals surface area contributed by atoms with Gasteiger partial charge < -0.3 is 15.7 Å². The van der Waals surface area contributed by atoms with Gasteiger partial charge in [0.2, 0.25) is 5.91 Å². The molecular weight excluding hydrogens is 264 g/mol. The van der Waals surface area contributed by atoms with Crippen LogP contribution in [0.1, 0.15) is 20.8 Å². The first-order valence-electron chi connectivity index (χ1n) is 6.23. The molecule has 6 heteroatoms. The fourth-order valence-corrected chi connectivity index (χ4v) is 4.73. The first kappa shape index (κ1) is 14.4. The molecule has 4 atom stereocenters. The van der Waals surface area contributed by atoms with Crippen LogP contribution in [0.3, 0.4) is 0 Å². The first-order chi connectivity index (χ1) is 8.65. The standard InChI is InChI=1S/C13H20N2O3S/c1-5-13(11(17)18)6-15-8(16)7(14)9(15)19-10(13)12(2,3)4/h5,7,9-10H,1,6,14H2,2-4H3,(H,17,18)/t7?,9-,10?,13?/m1/s1. The number of amides is 1. The fraction of sp³-hybridized carbons (Fsp3) is 0.692. The molecule has 1 amide bonds. The smallest absolute Gasteiger partial charge is 0.316 e. The molecule has 106 valence electrons. The summed E-state index contributed by atoms with van der Waals surface area (Å²) in [5.74, 6) is -1.10. The van der Waals surface area contributed by atoms with Crippen molar-refractivity contribution in [1.29, 1.82) is 0 Å². The van der Waals surface area contributed by atoms with Crippen LogP contribution in [-0.2, 0) is 9.59 Å². The minimum absolute atomic E-state index is 0.107. The molecular formula is C13H20N2O3S. The molecule has 0 bridgehead atoms. The van der Waals surface area contributed by atoms with Crippen LogP contribution in [0.2, 0.25) is 0 Å². The number of aliphatic carboxylic acids is 1. The number of rotatable bonds is 2. The molecule has 0 aromatic heterocycles. The molecule has 3 N–H and O–H groups in total. The number of carbonyl (C=O) groups excluding carboxylic acids is 1. The number of fused-ring (bicyclic) bond motifs is 1. The summed E-state index contributed by atoms with van der Waals surface area (Å²) in [6.45, 7) is 9.89. The number of carbonyl (C=O) groups is 2. The molecule has 2 heterocycles. The maximum Gasteiger partial charge on any atom is 0.316 e. The number of thioether (sulfide) groups is 1. The number of carboxylic acids is 1. The molecule has 2 aliphatic heterocycles. The molecule has 2 rings (SSSR count). The van der Waals surface area contributed by atoms with Gasteiger partial charge in [0.1, 0.15) is 16.8 Å². The molecule has 5 nitrogen and oxygen atoms in total. The molecule has 0 aromatic rings. The molecule has 3 unspecified atom stereocenters. The van der Waals surface area contributed by atoms with E-state index in [9.17, 15) is 14.7 Å². The summed E-state index contributed by atoms with van der Waals surface area (Å²) in [5.41, 5.74) is 4.47. The van der Waals surface area contributed by atoms with Crippen LogP contribution < -0.4 is 5.73 Å². The Labute approximate surface area is 117 Å². The van der Waals surface area contributed by atoms with Gasteiger partial charge in [0.15, 0.2) is 0 Å². The van der Waals surface area contributed by atoms with E-state index in [-0.39, 0.29) is 28.5 Å². The van der Waals surface area contributed by atoms with E-state index in [0.29, 0.717) is 0 Å². The van der Waals surface area contributed by atoms with Crippen LogP contribution in [0.5, 0.6) is 0 Å². The molecule has 2 fully saturated rings. The summed E-state index contributed by atoms with van der Waals surface area (Å²) in [7, 11) is 0. The zero-order chi connectivity index (χ0) is 14.6. The Bertz CT molecular complexity index is 446. The van der Waals surface area contributed by atoms with Crippen molar-refractivity contribution in [3.63, 3.8) is 0 Å². The highest BCUT2D eigenvalue weighted by Gasteiger charge is 2.61. The van der Waals surface area contributed by atoms with Gasteiger partial charge in [-0.25, -0.2) is 0 Å². The summed E-state index contributed by atoms with van der Waals surface area (Å²) in [5, 5.41) is 9.37. The summed E-state index contributed by atoms with van der Waals surface area (Å²) in [6, 6.07) is -0.508. The molecule has 2 saturated heterocycles. The van der Waals surface area contributed by atoms with Crippen LogP contribution >= 0.6 is 11.8 Å². The zero-order valence-electron chi connectivity index (χ0n) is 11.4. The number of hydrogen-bond donors (Lipinski definition) is 2. The van der Waals surface area contributed by atoms with Gasteiger partial charge in [-0.15, -0.1) is 18.3 Å². The Morgan fingerprint density at radius 2 is 2.21 bits per heavy atom. The van der Waals surface area contributed by atoms with Crippen LogP contribution in [0.15, 0.2) is 12.7 Å².